The molecule has 3 heteroatoms. The minimum Gasteiger partial charge on any atom is -0.326 e. The molecular formula is C19H17ClN2. The maximum Gasteiger partial charge on any atom is 0.0954 e. The van der Waals surface area contributed by atoms with Crippen molar-refractivity contribution in [2.24, 2.45) is 0 Å². The van der Waals surface area contributed by atoms with Crippen LogP contribution in [0.4, 0.5) is 0 Å². The number of imidazole rings is 1. The lowest BCUT2D eigenvalue weighted by atomic mass is 9.95. The molecule has 0 fully saturated rings. The Kier molecular flexibility index (Phi) is 3.47. The summed E-state index contributed by atoms with van der Waals surface area (Å²) in [5, 5.41) is 0.928. The summed E-state index contributed by atoms with van der Waals surface area (Å²) in [6, 6.07) is 15.0. The van der Waals surface area contributed by atoms with Gasteiger partial charge in [-0.25, -0.2) is 4.98 Å². The molecule has 22 heavy (non-hydrogen) atoms. The maximum absolute atomic E-state index is 6.78. The van der Waals surface area contributed by atoms with E-state index >= 15 is 0 Å². The predicted molar refractivity (Wildman–Crippen MR) is 89.4 cm³/mol. The third-order valence-electron chi connectivity index (χ3n) is 4.48. The van der Waals surface area contributed by atoms with Crippen molar-refractivity contribution in [2.75, 3.05) is 0 Å². The van der Waals surface area contributed by atoms with E-state index in [9.17, 15) is 0 Å². The van der Waals surface area contributed by atoms with Crippen LogP contribution in [-0.2, 0) is 12.8 Å². The molecule has 110 valence electrons. The molecule has 1 heterocycles. The van der Waals surface area contributed by atoms with E-state index in [1.807, 2.05) is 24.8 Å². The fourth-order valence-corrected chi connectivity index (χ4v) is 3.80. The van der Waals surface area contributed by atoms with Gasteiger partial charge in [-0.3, -0.25) is 0 Å². The molecule has 0 saturated heterocycles. The zero-order chi connectivity index (χ0) is 14.9. The molecule has 0 aliphatic heterocycles. The SMILES string of the molecule is Clc1c(C(c2ccccc2)n2ccnc2)ccc2c1CCC2. The lowest BCUT2D eigenvalue weighted by Gasteiger charge is -2.22. The number of hydrogen-bond acceptors (Lipinski definition) is 1. The molecule has 2 nitrogen and oxygen atoms in total. The first-order valence-corrected chi connectivity index (χ1v) is 8.05. The normalized spacial score (nSPS) is 14.8. The molecule has 0 amide bonds. The van der Waals surface area contributed by atoms with E-state index in [1.54, 1.807) is 0 Å². The first-order valence-electron chi connectivity index (χ1n) is 7.67. The first kappa shape index (κ1) is 13.6. The van der Waals surface area contributed by atoms with Crippen LogP contribution in [0, 0.1) is 0 Å². The zero-order valence-corrected chi connectivity index (χ0v) is 13.0. The Bertz CT molecular complexity index is 779. The van der Waals surface area contributed by atoms with Crippen molar-refractivity contribution in [2.45, 2.75) is 25.3 Å². The molecule has 3 aromatic rings. The topological polar surface area (TPSA) is 17.8 Å². The Hall–Kier alpha value is -2.06. The van der Waals surface area contributed by atoms with E-state index in [4.69, 9.17) is 11.6 Å². The van der Waals surface area contributed by atoms with E-state index in [0.717, 1.165) is 23.4 Å². The second-order valence-corrected chi connectivity index (χ2v) is 6.16. The van der Waals surface area contributed by atoms with Gasteiger partial charge in [-0.05, 0) is 41.5 Å². The molecular weight excluding hydrogens is 292 g/mol. The summed E-state index contributed by atoms with van der Waals surface area (Å²) in [6.45, 7) is 0. The molecule has 1 aliphatic carbocycles. The van der Waals surface area contributed by atoms with Gasteiger partial charge < -0.3 is 4.57 Å². The van der Waals surface area contributed by atoms with Crippen molar-refractivity contribution in [3.63, 3.8) is 0 Å². The van der Waals surface area contributed by atoms with Crippen molar-refractivity contribution in [3.05, 3.63) is 88.5 Å². The third kappa shape index (κ3) is 2.24. The van der Waals surface area contributed by atoms with Crippen molar-refractivity contribution in [3.8, 4) is 0 Å². The van der Waals surface area contributed by atoms with Gasteiger partial charge in [0.1, 0.15) is 0 Å². The van der Waals surface area contributed by atoms with Gasteiger partial charge in [0.2, 0.25) is 0 Å². The van der Waals surface area contributed by atoms with Crippen LogP contribution in [0.5, 0.6) is 0 Å². The highest BCUT2D eigenvalue weighted by molar-refractivity contribution is 6.32. The number of halogens is 1. The number of fused-ring (bicyclic) bond motifs is 1. The number of aromatic nitrogens is 2. The van der Waals surface area contributed by atoms with Gasteiger partial charge >= 0.3 is 0 Å². The van der Waals surface area contributed by atoms with Crippen molar-refractivity contribution < 1.29 is 0 Å². The van der Waals surface area contributed by atoms with Crippen LogP contribution in [0.25, 0.3) is 0 Å². The van der Waals surface area contributed by atoms with Crippen LogP contribution in [0.1, 0.15) is 34.7 Å². The van der Waals surface area contributed by atoms with Gasteiger partial charge in [0.05, 0.1) is 12.4 Å². The quantitative estimate of drug-likeness (QED) is 0.688. The van der Waals surface area contributed by atoms with Crippen LogP contribution >= 0.6 is 11.6 Å². The molecule has 4 rings (SSSR count). The molecule has 1 aromatic heterocycles. The Morgan fingerprint density at radius 2 is 1.91 bits per heavy atom. The lowest BCUT2D eigenvalue weighted by molar-refractivity contribution is 0.676. The van der Waals surface area contributed by atoms with Crippen LogP contribution < -0.4 is 0 Å². The Morgan fingerprint density at radius 1 is 1.05 bits per heavy atom. The van der Waals surface area contributed by atoms with E-state index in [2.05, 4.69) is 45.9 Å². The van der Waals surface area contributed by atoms with E-state index < -0.39 is 0 Å². The lowest BCUT2D eigenvalue weighted by Crippen LogP contribution is -2.12. The van der Waals surface area contributed by atoms with Gasteiger partial charge in [-0.15, -0.1) is 0 Å². The second-order valence-electron chi connectivity index (χ2n) is 5.78. The standard InChI is InChI=1S/C19H17ClN2/c20-18-16-8-4-7-14(16)9-10-17(18)19(22-12-11-21-13-22)15-5-2-1-3-6-15/h1-3,5-6,9-13,19H,4,7-8H2. The number of rotatable bonds is 3. The molecule has 1 atom stereocenters. The Balaban J connectivity index is 1.89. The molecule has 0 radical (unpaired) electrons. The van der Waals surface area contributed by atoms with Gasteiger partial charge in [0.25, 0.3) is 0 Å². The first-order chi connectivity index (χ1) is 10.8. The summed E-state index contributed by atoms with van der Waals surface area (Å²) in [6.07, 6.45) is 9.13. The van der Waals surface area contributed by atoms with Crippen LogP contribution in [-0.4, -0.2) is 9.55 Å². The fourth-order valence-electron chi connectivity index (χ4n) is 3.42. The summed E-state index contributed by atoms with van der Waals surface area (Å²) in [5.41, 5.74) is 5.12. The summed E-state index contributed by atoms with van der Waals surface area (Å²) in [4.78, 5) is 4.22. The number of benzene rings is 2. The summed E-state index contributed by atoms with van der Waals surface area (Å²) in [5.74, 6) is 0. The third-order valence-corrected chi connectivity index (χ3v) is 4.92. The minimum atomic E-state index is 0.0714. The van der Waals surface area contributed by atoms with Crippen LogP contribution in [0.2, 0.25) is 5.02 Å². The monoisotopic (exact) mass is 308 g/mol. The van der Waals surface area contributed by atoms with Crippen LogP contribution in [0.3, 0.4) is 0 Å². The second kappa shape index (κ2) is 5.62. The molecule has 2 aromatic carbocycles. The highest BCUT2D eigenvalue weighted by Gasteiger charge is 2.23. The van der Waals surface area contributed by atoms with Crippen molar-refractivity contribution in [1.29, 1.82) is 0 Å². The van der Waals surface area contributed by atoms with E-state index in [0.29, 0.717) is 0 Å². The Morgan fingerprint density at radius 3 is 2.68 bits per heavy atom. The summed E-state index contributed by atoms with van der Waals surface area (Å²) in [7, 11) is 0. The van der Waals surface area contributed by atoms with Gasteiger partial charge in [-0.1, -0.05) is 54.1 Å². The highest BCUT2D eigenvalue weighted by atomic mass is 35.5. The van der Waals surface area contributed by atoms with E-state index in [1.165, 1.54) is 23.1 Å². The van der Waals surface area contributed by atoms with E-state index in [-0.39, 0.29) is 6.04 Å². The average Bonchev–Trinajstić information content (AvgIpc) is 3.23. The van der Waals surface area contributed by atoms with Gasteiger partial charge in [-0.2, -0.15) is 0 Å². The number of aryl methyl sites for hydroxylation is 1. The molecule has 1 unspecified atom stereocenters. The fraction of sp³-hybridized carbons (Fsp3) is 0.211. The maximum atomic E-state index is 6.78. The van der Waals surface area contributed by atoms with Crippen molar-refractivity contribution >= 4 is 11.6 Å². The molecule has 0 bridgehead atoms. The van der Waals surface area contributed by atoms with Crippen molar-refractivity contribution in [1.82, 2.24) is 9.55 Å². The predicted octanol–water partition coefficient (Wildman–Crippen LogP) is 4.66. The largest absolute Gasteiger partial charge is 0.326 e. The molecule has 0 saturated carbocycles. The summed E-state index contributed by atoms with van der Waals surface area (Å²) < 4.78 is 2.12. The number of nitrogens with zero attached hydrogens (tertiary/aromatic N) is 2. The highest BCUT2D eigenvalue weighted by Crippen LogP contribution is 2.38. The Labute approximate surface area is 135 Å². The zero-order valence-electron chi connectivity index (χ0n) is 12.2. The minimum absolute atomic E-state index is 0.0714. The van der Waals surface area contributed by atoms with Gasteiger partial charge in [0, 0.05) is 17.4 Å². The number of hydrogen-bond donors (Lipinski definition) is 0. The average molecular weight is 309 g/mol. The summed E-state index contributed by atoms with van der Waals surface area (Å²) >= 11 is 6.78. The molecule has 0 N–H and O–H groups in total. The molecule has 0 spiro atoms. The molecule has 1 aliphatic rings. The van der Waals surface area contributed by atoms with Crippen LogP contribution in [0.15, 0.2) is 61.2 Å². The smallest absolute Gasteiger partial charge is 0.0954 e. The van der Waals surface area contributed by atoms with Gasteiger partial charge in [0.15, 0.2) is 0 Å².